The summed E-state index contributed by atoms with van der Waals surface area (Å²) in [5, 5.41) is 12.8. The predicted molar refractivity (Wildman–Crippen MR) is 59.6 cm³/mol. The molecule has 15 heavy (non-hydrogen) atoms. The van der Waals surface area contributed by atoms with Gasteiger partial charge in [-0.05, 0) is 33.2 Å². The highest BCUT2D eigenvalue weighted by atomic mass is 16.3. The number of piperidine rings is 1. The molecule has 0 radical (unpaired) electrons. The molecule has 88 valence electrons. The molecule has 0 aromatic heterocycles. The van der Waals surface area contributed by atoms with E-state index in [1.165, 1.54) is 0 Å². The number of nitrogens with zero attached hydrogens (tertiary/aromatic N) is 1. The van der Waals surface area contributed by atoms with Gasteiger partial charge in [-0.15, -0.1) is 0 Å². The molecule has 1 aliphatic rings. The van der Waals surface area contributed by atoms with E-state index in [9.17, 15) is 9.90 Å². The van der Waals surface area contributed by atoms with Crippen molar-refractivity contribution in [3.05, 3.63) is 0 Å². The average Bonchev–Trinajstić information content (AvgIpc) is 2.15. The van der Waals surface area contributed by atoms with E-state index in [4.69, 9.17) is 0 Å². The van der Waals surface area contributed by atoms with Gasteiger partial charge in [-0.3, -0.25) is 4.79 Å². The van der Waals surface area contributed by atoms with Crippen molar-refractivity contribution in [1.82, 2.24) is 10.2 Å². The summed E-state index contributed by atoms with van der Waals surface area (Å²) in [5.41, 5.74) is -0.820. The minimum Gasteiger partial charge on any atom is -0.389 e. The van der Waals surface area contributed by atoms with Gasteiger partial charge in [0.1, 0.15) is 0 Å². The SMILES string of the molecule is CN(CC(C)(C)O)C(=O)[C@H]1CCCCN1. The lowest BCUT2D eigenvalue weighted by atomic mass is 10.0. The number of hydrogen-bond donors (Lipinski definition) is 2. The minimum atomic E-state index is -0.820. The highest BCUT2D eigenvalue weighted by molar-refractivity contribution is 5.81. The van der Waals surface area contributed by atoms with Gasteiger partial charge in [0.25, 0.3) is 0 Å². The van der Waals surface area contributed by atoms with E-state index in [0.717, 1.165) is 25.8 Å². The van der Waals surface area contributed by atoms with Crippen LogP contribution in [-0.2, 0) is 4.79 Å². The maximum Gasteiger partial charge on any atom is 0.239 e. The summed E-state index contributed by atoms with van der Waals surface area (Å²) < 4.78 is 0. The van der Waals surface area contributed by atoms with Crippen LogP contribution in [0.2, 0.25) is 0 Å². The minimum absolute atomic E-state index is 0.0499. The molecule has 0 aliphatic carbocycles. The third-order valence-corrected chi connectivity index (χ3v) is 2.61. The summed E-state index contributed by atoms with van der Waals surface area (Å²) in [7, 11) is 1.75. The van der Waals surface area contributed by atoms with Gasteiger partial charge < -0.3 is 15.3 Å². The highest BCUT2D eigenvalue weighted by Gasteiger charge is 2.26. The lowest BCUT2D eigenvalue weighted by molar-refractivity contribution is -0.135. The molecule has 1 fully saturated rings. The molecule has 4 nitrogen and oxygen atoms in total. The number of nitrogens with one attached hydrogen (secondary N) is 1. The molecule has 2 N–H and O–H groups in total. The number of rotatable bonds is 3. The van der Waals surface area contributed by atoms with Gasteiger partial charge in [0.2, 0.25) is 5.91 Å². The fraction of sp³-hybridized carbons (Fsp3) is 0.909. The Morgan fingerprint density at radius 3 is 2.67 bits per heavy atom. The first kappa shape index (κ1) is 12.5. The highest BCUT2D eigenvalue weighted by Crippen LogP contribution is 2.11. The molecule has 0 aromatic rings. The quantitative estimate of drug-likeness (QED) is 0.713. The van der Waals surface area contributed by atoms with E-state index in [2.05, 4.69) is 5.32 Å². The molecule has 1 atom stereocenters. The van der Waals surface area contributed by atoms with Crippen molar-refractivity contribution in [2.45, 2.75) is 44.8 Å². The van der Waals surface area contributed by atoms with Crippen molar-refractivity contribution in [2.24, 2.45) is 0 Å². The standard InChI is InChI=1S/C11H22N2O2/c1-11(2,15)8-13(3)10(14)9-6-4-5-7-12-9/h9,12,15H,4-8H2,1-3H3/t9-/m1/s1. The smallest absolute Gasteiger partial charge is 0.239 e. The van der Waals surface area contributed by atoms with Crippen LogP contribution in [-0.4, -0.2) is 47.7 Å². The summed E-state index contributed by atoms with van der Waals surface area (Å²) in [6, 6.07) is -0.0499. The van der Waals surface area contributed by atoms with Crippen LogP contribution in [0.4, 0.5) is 0 Å². The zero-order chi connectivity index (χ0) is 11.5. The lowest BCUT2D eigenvalue weighted by Gasteiger charge is -2.30. The molecular weight excluding hydrogens is 192 g/mol. The third kappa shape index (κ3) is 4.18. The molecule has 0 bridgehead atoms. The maximum absolute atomic E-state index is 11.9. The summed E-state index contributed by atoms with van der Waals surface area (Å²) >= 11 is 0. The van der Waals surface area contributed by atoms with E-state index < -0.39 is 5.60 Å². The molecule has 1 amide bonds. The fourth-order valence-corrected chi connectivity index (χ4v) is 1.99. The van der Waals surface area contributed by atoms with Crippen LogP contribution in [0.15, 0.2) is 0 Å². The van der Waals surface area contributed by atoms with E-state index in [0.29, 0.717) is 6.54 Å². The number of aliphatic hydroxyl groups is 1. The number of carbonyl (C=O) groups is 1. The Kier molecular flexibility index (Phi) is 4.11. The van der Waals surface area contributed by atoms with Crippen molar-refractivity contribution in [2.75, 3.05) is 20.1 Å². The van der Waals surface area contributed by atoms with Crippen LogP contribution in [0.5, 0.6) is 0 Å². The van der Waals surface area contributed by atoms with Gasteiger partial charge >= 0.3 is 0 Å². The Morgan fingerprint density at radius 2 is 2.20 bits per heavy atom. The fourth-order valence-electron chi connectivity index (χ4n) is 1.99. The third-order valence-electron chi connectivity index (χ3n) is 2.61. The van der Waals surface area contributed by atoms with Crippen molar-refractivity contribution in [3.63, 3.8) is 0 Å². The Balaban J connectivity index is 2.44. The molecular formula is C11H22N2O2. The number of hydrogen-bond acceptors (Lipinski definition) is 3. The Labute approximate surface area is 91.6 Å². The van der Waals surface area contributed by atoms with Gasteiger partial charge in [0.05, 0.1) is 11.6 Å². The second-order valence-corrected chi connectivity index (χ2v) is 5.01. The van der Waals surface area contributed by atoms with Gasteiger partial charge in [0.15, 0.2) is 0 Å². The van der Waals surface area contributed by atoms with Crippen molar-refractivity contribution in [1.29, 1.82) is 0 Å². The Bertz CT molecular complexity index is 217. The predicted octanol–water partition coefficient (Wildman–Crippen LogP) is 0.358. The topological polar surface area (TPSA) is 52.6 Å². The van der Waals surface area contributed by atoms with Crippen LogP contribution in [0, 0.1) is 0 Å². The largest absolute Gasteiger partial charge is 0.389 e. The number of likely N-dealkylation sites (N-methyl/N-ethyl adjacent to an activating group) is 1. The molecule has 1 rings (SSSR count). The van der Waals surface area contributed by atoms with E-state index in [-0.39, 0.29) is 11.9 Å². The van der Waals surface area contributed by atoms with Crippen molar-refractivity contribution < 1.29 is 9.90 Å². The summed E-state index contributed by atoms with van der Waals surface area (Å²) in [4.78, 5) is 13.5. The van der Waals surface area contributed by atoms with E-state index in [1.807, 2.05) is 0 Å². The van der Waals surface area contributed by atoms with Gasteiger partial charge in [-0.1, -0.05) is 6.42 Å². The normalized spacial score (nSPS) is 22.5. The number of carbonyl (C=O) groups excluding carboxylic acids is 1. The monoisotopic (exact) mass is 214 g/mol. The van der Waals surface area contributed by atoms with Crippen LogP contribution in [0.3, 0.4) is 0 Å². The first-order valence-corrected chi connectivity index (χ1v) is 5.61. The van der Waals surface area contributed by atoms with Gasteiger partial charge in [0, 0.05) is 13.6 Å². The second kappa shape index (κ2) is 4.94. The summed E-state index contributed by atoms with van der Waals surface area (Å²) in [6.45, 7) is 4.73. The Morgan fingerprint density at radius 1 is 1.53 bits per heavy atom. The molecule has 4 heteroatoms. The molecule has 1 aliphatic heterocycles. The van der Waals surface area contributed by atoms with Crippen LogP contribution < -0.4 is 5.32 Å². The zero-order valence-electron chi connectivity index (χ0n) is 9.92. The Hall–Kier alpha value is -0.610. The first-order valence-electron chi connectivity index (χ1n) is 5.61. The molecule has 1 heterocycles. The van der Waals surface area contributed by atoms with E-state index in [1.54, 1.807) is 25.8 Å². The average molecular weight is 214 g/mol. The van der Waals surface area contributed by atoms with Gasteiger partial charge in [-0.2, -0.15) is 0 Å². The van der Waals surface area contributed by atoms with Crippen molar-refractivity contribution >= 4 is 5.91 Å². The summed E-state index contributed by atoms with van der Waals surface area (Å²) in [6.07, 6.45) is 3.17. The lowest BCUT2D eigenvalue weighted by Crippen LogP contribution is -2.50. The summed E-state index contributed by atoms with van der Waals surface area (Å²) in [5.74, 6) is 0.0943. The molecule has 0 spiro atoms. The first-order chi connectivity index (χ1) is 6.90. The maximum atomic E-state index is 11.9. The van der Waals surface area contributed by atoms with Crippen LogP contribution in [0.25, 0.3) is 0 Å². The second-order valence-electron chi connectivity index (χ2n) is 5.01. The molecule has 0 saturated carbocycles. The van der Waals surface area contributed by atoms with Crippen molar-refractivity contribution in [3.8, 4) is 0 Å². The zero-order valence-corrected chi connectivity index (χ0v) is 9.92. The molecule has 0 unspecified atom stereocenters. The van der Waals surface area contributed by atoms with E-state index >= 15 is 0 Å². The van der Waals surface area contributed by atoms with Gasteiger partial charge in [-0.25, -0.2) is 0 Å². The molecule has 1 saturated heterocycles. The molecule has 0 aromatic carbocycles. The van der Waals surface area contributed by atoms with Crippen LogP contribution >= 0.6 is 0 Å². The number of amides is 1. The van der Waals surface area contributed by atoms with Crippen LogP contribution in [0.1, 0.15) is 33.1 Å².